The van der Waals surface area contributed by atoms with Crippen molar-refractivity contribution in [2.24, 2.45) is 7.05 Å². The molecule has 5 heteroatoms. The summed E-state index contributed by atoms with van der Waals surface area (Å²) in [6, 6.07) is 4.88. The predicted molar refractivity (Wildman–Crippen MR) is 66.5 cm³/mol. The van der Waals surface area contributed by atoms with Gasteiger partial charge in [-0.15, -0.1) is 11.6 Å². The fourth-order valence-corrected chi connectivity index (χ4v) is 1.89. The lowest BCUT2D eigenvalue weighted by molar-refractivity contribution is 0.101. The Morgan fingerprint density at radius 3 is 2.76 bits per heavy atom. The molecular formula is C12H11ClN2O2. The number of hydrogen-bond acceptors (Lipinski definition) is 3. The van der Waals surface area contributed by atoms with E-state index in [9.17, 15) is 9.59 Å². The molecule has 0 bridgehead atoms. The van der Waals surface area contributed by atoms with E-state index < -0.39 is 0 Å². The molecule has 2 rings (SSSR count). The summed E-state index contributed by atoms with van der Waals surface area (Å²) in [5.74, 6) is 0.595. The predicted octanol–water partition coefficient (Wildman–Crippen LogP) is 1.87. The molecule has 0 aliphatic rings. The number of alkyl halides is 1. The van der Waals surface area contributed by atoms with Gasteiger partial charge < -0.3 is 0 Å². The van der Waals surface area contributed by atoms with Gasteiger partial charge in [-0.3, -0.25) is 14.2 Å². The fourth-order valence-electron chi connectivity index (χ4n) is 1.66. The summed E-state index contributed by atoms with van der Waals surface area (Å²) >= 11 is 5.72. The molecule has 0 amide bonds. The average Bonchev–Trinajstić information content (AvgIpc) is 2.33. The molecule has 0 saturated carbocycles. The van der Waals surface area contributed by atoms with Crippen molar-refractivity contribution in [3.63, 3.8) is 0 Å². The maximum atomic E-state index is 12.0. The third kappa shape index (κ3) is 1.96. The number of benzene rings is 1. The molecule has 0 spiro atoms. The van der Waals surface area contributed by atoms with Crippen LogP contribution < -0.4 is 5.56 Å². The van der Waals surface area contributed by atoms with Gasteiger partial charge in [-0.05, 0) is 19.1 Å². The SMILES string of the molecule is CC(=O)c1ccc2c(=O)n(C)c(CCl)nc2c1. The number of nitrogens with zero attached hydrogens (tertiary/aromatic N) is 2. The Morgan fingerprint density at radius 2 is 2.18 bits per heavy atom. The maximum Gasteiger partial charge on any atom is 0.261 e. The molecule has 88 valence electrons. The number of rotatable bonds is 2. The van der Waals surface area contributed by atoms with E-state index in [-0.39, 0.29) is 17.2 Å². The van der Waals surface area contributed by atoms with Gasteiger partial charge in [0.1, 0.15) is 5.82 Å². The minimum atomic E-state index is -0.152. The molecule has 0 radical (unpaired) electrons. The van der Waals surface area contributed by atoms with Gasteiger partial charge in [-0.1, -0.05) is 6.07 Å². The first kappa shape index (κ1) is 11.8. The standard InChI is InChI=1S/C12H11ClN2O2/c1-7(16)8-3-4-9-10(5-8)14-11(6-13)15(2)12(9)17/h3-5H,6H2,1-2H3. The van der Waals surface area contributed by atoms with Crippen LogP contribution in [0.25, 0.3) is 10.9 Å². The lowest BCUT2D eigenvalue weighted by Gasteiger charge is -2.07. The normalized spacial score (nSPS) is 10.8. The van der Waals surface area contributed by atoms with Crippen molar-refractivity contribution < 1.29 is 4.79 Å². The summed E-state index contributed by atoms with van der Waals surface area (Å²) in [5, 5.41) is 0.492. The highest BCUT2D eigenvalue weighted by Gasteiger charge is 2.09. The molecule has 0 aliphatic carbocycles. The van der Waals surface area contributed by atoms with E-state index in [0.717, 1.165) is 0 Å². The van der Waals surface area contributed by atoms with E-state index in [1.165, 1.54) is 11.5 Å². The zero-order valence-electron chi connectivity index (χ0n) is 9.53. The molecule has 2 aromatic rings. The molecule has 0 unspecified atom stereocenters. The molecule has 4 nitrogen and oxygen atoms in total. The molecule has 0 aliphatic heterocycles. The third-order valence-electron chi connectivity index (χ3n) is 2.70. The van der Waals surface area contributed by atoms with E-state index in [2.05, 4.69) is 4.98 Å². The average molecular weight is 251 g/mol. The van der Waals surface area contributed by atoms with Crippen LogP contribution in [0.5, 0.6) is 0 Å². The number of halogens is 1. The molecule has 0 fully saturated rings. The van der Waals surface area contributed by atoms with Crippen molar-refractivity contribution in [1.29, 1.82) is 0 Å². The molecule has 17 heavy (non-hydrogen) atoms. The van der Waals surface area contributed by atoms with Gasteiger partial charge in [0.15, 0.2) is 5.78 Å². The van der Waals surface area contributed by atoms with Gasteiger partial charge in [0.2, 0.25) is 0 Å². The molecule has 0 N–H and O–H groups in total. The lowest BCUT2D eigenvalue weighted by atomic mass is 10.1. The Morgan fingerprint density at radius 1 is 1.47 bits per heavy atom. The largest absolute Gasteiger partial charge is 0.298 e. The van der Waals surface area contributed by atoms with Gasteiger partial charge >= 0.3 is 0 Å². The van der Waals surface area contributed by atoms with Crippen LogP contribution >= 0.6 is 11.6 Å². The van der Waals surface area contributed by atoms with E-state index in [0.29, 0.717) is 22.3 Å². The summed E-state index contributed by atoms with van der Waals surface area (Å²) < 4.78 is 1.42. The van der Waals surface area contributed by atoms with Gasteiger partial charge in [-0.2, -0.15) is 0 Å². The Kier molecular flexibility index (Phi) is 2.98. The molecular weight excluding hydrogens is 240 g/mol. The number of aromatic nitrogens is 2. The molecule has 1 heterocycles. The number of fused-ring (bicyclic) bond motifs is 1. The second-order valence-corrected chi connectivity index (χ2v) is 4.08. The van der Waals surface area contributed by atoms with E-state index in [1.54, 1.807) is 25.2 Å². The summed E-state index contributed by atoms with van der Waals surface area (Å²) in [5.41, 5.74) is 0.899. The van der Waals surface area contributed by atoms with Gasteiger partial charge in [0, 0.05) is 12.6 Å². The third-order valence-corrected chi connectivity index (χ3v) is 2.93. The first-order chi connectivity index (χ1) is 8.04. The molecule has 0 saturated heterocycles. The topological polar surface area (TPSA) is 52.0 Å². The highest BCUT2D eigenvalue weighted by atomic mass is 35.5. The number of ketones is 1. The van der Waals surface area contributed by atoms with Gasteiger partial charge in [0.25, 0.3) is 5.56 Å². The summed E-state index contributed by atoms with van der Waals surface area (Å²) in [4.78, 5) is 27.5. The minimum Gasteiger partial charge on any atom is -0.298 e. The Hall–Kier alpha value is -1.68. The van der Waals surface area contributed by atoms with E-state index in [1.807, 2.05) is 0 Å². The van der Waals surface area contributed by atoms with Gasteiger partial charge in [-0.25, -0.2) is 4.98 Å². The fraction of sp³-hybridized carbons (Fsp3) is 0.250. The number of Topliss-reactive ketones (excluding diaryl/α,β-unsaturated/α-hetero) is 1. The molecule has 0 atom stereocenters. The van der Waals surface area contributed by atoms with Crippen molar-refractivity contribution in [1.82, 2.24) is 9.55 Å². The van der Waals surface area contributed by atoms with E-state index >= 15 is 0 Å². The minimum absolute atomic E-state index is 0.0539. The van der Waals surface area contributed by atoms with Crippen LogP contribution in [0.3, 0.4) is 0 Å². The Balaban J connectivity index is 2.83. The number of carbonyl (C=O) groups excluding carboxylic acids is 1. The van der Waals surface area contributed by atoms with Crippen LogP contribution in [-0.2, 0) is 12.9 Å². The summed E-state index contributed by atoms with van der Waals surface area (Å²) in [6.45, 7) is 1.48. The molecule has 1 aromatic carbocycles. The van der Waals surface area contributed by atoms with Crippen LogP contribution in [0.4, 0.5) is 0 Å². The second kappa shape index (κ2) is 4.30. The van der Waals surface area contributed by atoms with Crippen LogP contribution in [0, 0.1) is 0 Å². The van der Waals surface area contributed by atoms with Crippen LogP contribution in [0.2, 0.25) is 0 Å². The zero-order chi connectivity index (χ0) is 12.6. The van der Waals surface area contributed by atoms with Gasteiger partial charge in [0.05, 0.1) is 16.8 Å². The zero-order valence-corrected chi connectivity index (χ0v) is 10.3. The first-order valence-corrected chi connectivity index (χ1v) is 5.64. The van der Waals surface area contributed by atoms with Crippen molar-refractivity contribution in [3.8, 4) is 0 Å². The lowest BCUT2D eigenvalue weighted by Crippen LogP contribution is -2.21. The first-order valence-electron chi connectivity index (χ1n) is 5.11. The Bertz CT molecular complexity index is 661. The smallest absolute Gasteiger partial charge is 0.261 e. The van der Waals surface area contributed by atoms with E-state index in [4.69, 9.17) is 11.6 Å². The van der Waals surface area contributed by atoms with Crippen molar-refractivity contribution in [2.45, 2.75) is 12.8 Å². The van der Waals surface area contributed by atoms with Crippen LogP contribution in [0.1, 0.15) is 23.1 Å². The quantitative estimate of drug-likeness (QED) is 0.604. The highest BCUT2D eigenvalue weighted by molar-refractivity contribution is 6.16. The van der Waals surface area contributed by atoms with Crippen molar-refractivity contribution in [2.75, 3.05) is 0 Å². The second-order valence-electron chi connectivity index (χ2n) is 3.81. The summed E-state index contributed by atoms with van der Waals surface area (Å²) in [7, 11) is 1.63. The highest BCUT2D eigenvalue weighted by Crippen LogP contribution is 2.12. The van der Waals surface area contributed by atoms with Crippen LogP contribution in [-0.4, -0.2) is 15.3 Å². The molecule has 1 aromatic heterocycles. The summed E-state index contributed by atoms with van der Waals surface area (Å²) in [6.07, 6.45) is 0. The number of carbonyl (C=O) groups is 1. The van der Waals surface area contributed by atoms with Crippen molar-refractivity contribution >= 4 is 28.3 Å². The Labute approximate surface area is 103 Å². The number of hydrogen-bond donors (Lipinski definition) is 0. The van der Waals surface area contributed by atoms with Crippen molar-refractivity contribution in [3.05, 3.63) is 39.9 Å². The van der Waals surface area contributed by atoms with Crippen LogP contribution in [0.15, 0.2) is 23.0 Å². The maximum absolute atomic E-state index is 12.0. The monoisotopic (exact) mass is 250 g/mol.